The Balaban J connectivity index is 1.53. The lowest BCUT2D eigenvalue weighted by molar-refractivity contribution is 0.0687. The van der Waals surface area contributed by atoms with Gasteiger partial charge in [0.1, 0.15) is 28.1 Å². The number of benzene rings is 3. The lowest BCUT2D eigenvalue weighted by Crippen LogP contribution is -2.11. The summed E-state index contributed by atoms with van der Waals surface area (Å²) in [5.41, 5.74) is 7.33. The van der Waals surface area contributed by atoms with Crippen molar-refractivity contribution in [2.75, 3.05) is 6.61 Å². The van der Waals surface area contributed by atoms with Gasteiger partial charge in [0, 0.05) is 18.4 Å². The third-order valence-corrected chi connectivity index (χ3v) is 6.97. The molecule has 1 aliphatic heterocycles. The molecular weight excluding hydrogens is 450 g/mol. The van der Waals surface area contributed by atoms with E-state index in [0.29, 0.717) is 24.3 Å². The Bertz CT molecular complexity index is 1760. The standard InChI is InChI=1S/C26H17N3O4S/c30-26(31)24-22(16-6-8-20-15(12-16)9-10-32-20)25-23(17-3-1-2-4-21(17)33-25)29(24)13-14-5-7-18-19(11-14)28-34-27-18/h1-8,11-12H,9-10,13H2,(H,30,31). The number of carboxylic acids is 1. The highest BCUT2D eigenvalue weighted by atomic mass is 32.1. The van der Waals surface area contributed by atoms with Gasteiger partial charge in [-0.3, -0.25) is 0 Å². The SMILES string of the molecule is O=C(O)c1c(-c2ccc3c(c2)CCO3)c2oc3ccccc3c2n1Cc1ccc2nsnc2c1. The van der Waals surface area contributed by atoms with Gasteiger partial charge in [0.2, 0.25) is 0 Å². The van der Waals surface area contributed by atoms with Crippen molar-refractivity contribution in [1.82, 2.24) is 13.3 Å². The second-order valence-electron chi connectivity index (χ2n) is 8.40. The fraction of sp³-hybridized carbons (Fsp3) is 0.115. The third-order valence-electron chi connectivity index (χ3n) is 6.41. The van der Waals surface area contributed by atoms with E-state index in [-0.39, 0.29) is 5.69 Å². The number of hydrogen-bond acceptors (Lipinski definition) is 6. The summed E-state index contributed by atoms with van der Waals surface area (Å²) in [5.74, 6) is -0.148. The summed E-state index contributed by atoms with van der Waals surface area (Å²) >= 11 is 1.17. The average molecular weight is 468 g/mol. The number of rotatable bonds is 4. The number of furan rings is 1. The normalized spacial score (nSPS) is 13.1. The summed E-state index contributed by atoms with van der Waals surface area (Å²) in [6.45, 7) is 1.00. The maximum absolute atomic E-state index is 12.7. The van der Waals surface area contributed by atoms with Crippen molar-refractivity contribution in [2.24, 2.45) is 0 Å². The van der Waals surface area contributed by atoms with Crippen molar-refractivity contribution >= 4 is 50.8 Å². The predicted octanol–water partition coefficient (Wildman–Crippen LogP) is 5.74. The molecule has 0 amide bonds. The van der Waals surface area contributed by atoms with Gasteiger partial charge in [-0.1, -0.05) is 24.3 Å². The molecule has 0 radical (unpaired) electrons. The molecule has 0 saturated heterocycles. The molecule has 0 aliphatic carbocycles. The first-order chi connectivity index (χ1) is 16.7. The molecule has 0 atom stereocenters. The van der Waals surface area contributed by atoms with Crippen LogP contribution in [0.2, 0.25) is 0 Å². The maximum Gasteiger partial charge on any atom is 0.353 e. The maximum atomic E-state index is 12.7. The molecule has 3 aromatic carbocycles. The van der Waals surface area contributed by atoms with Crippen molar-refractivity contribution in [3.05, 3.63) is 77.5 Å². The number of carbonyl (C=O) groups is 1. The highest BCUT2D eigenvalue weighted by Gasteiger charge is 2.29. The number of carboxylic acid groups (broad SMARTS) is 1. The summed E-state index contributed by atoms with van der Waals surface area (Å²) in [6, 6.07) is 19.4. The topological polar surface area (TPSA) is 90.4 Å². The van der Waals surface area contributed by atoms with Crippen LogP contribution in [0.5, 0.6) is 5.75 Å². The van der Waals surface area contributed by atoms with Crippen molar-refractivity contribution in [3.63, 3.8) is 0 Å². The van der Waals surface area contributed by atoms with Crippen molar-refractivity contribution < 1.29 is 19.1 Å². The molecule has 1 N–H and O–H groups in total. The van der Waals surface area contributed by atoms with Crippen molar-refractivity contribution in [3.8, 4) is 16.9 Å². The molecule has 1 aliphatic rings. The summed E-state index contributed by atoms with van der Waals surface area (Å²) in [6.07, 6.45) is 0.803. The molecule has 7 rings (SSSR count). The van der Waals surface area contributed by atoms with Gasteiger partial charge < -0.3 is 18.8 Å². The van der Waals surface area contributed by atoms with Gasteiger partial charge in [0.15, 0.2) is 5.58 Å². The van der Waals surface area contributed by atoms with Gasteiger partial charge in [-0.15, -0.1) is 0 Å². The fourth-order valence-corrected chi connectivity index (χ4v) is 5.44. The molecule has 166 valence electrons. The van der Waals surface area contributed by atoms with E-state index in [9.17, 15) is 9.90 Å². The Hall–Kier alpha value is -4.17. The molecular formula is C26H17N3O4S. The van der Waals surface area contributed by atoms with Gasteiger partial charge in [0.05, 0.1) is 29.4 Å². The van der Waals surface area contributed by atoms with Crippen LogP contribution in [0, 0.1) is 0 Å². The minimum absolute atomic E-state index is 0.204. The molecule has 0 fully saturated rings. The smallest absolute Gasteiger partial charge is 0.353 e. The molecule has 7 nitrogen and oxygen atoms in total. The number of fused-ring (bicyclic) bond motifs is 5. The highest BCUT2D eigenvalue weighted by molar-refractivity contribution is 7.00. The van der Waals surface area contributed by atoms with Crippen LogP contribution in [0.25, 0.3) is 44.2 Å². The molecule has 34 heavy (non-hydrogen) atoms. The zero-order valence-electron chi connectivity index (χ0n) is 17.8. The van der Waals surface area contributed by atoms with Gasteiger partial charge in [-0.25, -0.2) is 4.79 Å². The van der Waals surface area contributed by atoms with E-state index in [1.54, 1.807) is 0 Å². The first-order valence-electron chi connectivity index (χ1n) is 10.9. The Morgan fingerprint density at radius 3 is 2.85 bits per heavy atom. The van der Waals surface area contributed by atoms with E-state index in [4.69, 9.17) is 9.15 Å². The van der Waals surface area contributed by atoms with Crippen LogP contribution in [-0.2, 0) is 13.0 Å². The van der Waals surface area contributed by atoms with Gasteiger partial charge in [0.25, 0.3) is 0 Å². The lowest BCUT2D eigenvalue weighted by atomic mass is 10.0. The van der Waals surface area contributed by atoms with Crippen LogP contribution in [0.1, 0.15) is 21.6 Å². The second kappa shape index (κ2) is 7.16. The molecule has 0 bridgehead atoms. The van der Waals surface area contributed by atoms with Crippen molar-refractivity contribution in [2.45, 2.75) is 13.0 Å². The summed E-state index contributed by atoms with van der Waals surface area (Å²) in [4.78, 5) is 12.7. The molecule has 4 heterocycles. The minimum atomic E-state index is -1.00. The molecule has 3 aromatic heterocycles. The summed E-state index contributed by atoms with van der Waals surface area (Å²) in [5, 5.41) is 11.3. The second-order valence-corrected chi connectivity index (χ2v) is 8.93. The first kappa shape index (κ1) is 19.3. The van der Waals surface area contributed by atoms with E-state index in [0.717, 1.165) is 56.4 Å². The number of aromatic nitrogens is 3. The van der Waals surface area contributed by atoms with Crippen LogP contribution in [-0.4, -0.2) is 31.0 Å². The Kier molecular flexibility index (Phi) is 4.07. The van der Waals surface area contributed by atoms with Crippen LogP contribution in [0.4, 0.5) is 0 Å². The van der Waals surface area contributed by atoms with E-state index in [2.05, 4.69) is 8.75 Å². The summed E-state index contributed by atoms with van der Waals surface area (Å²) in [7, 11) is 0. The number of hydrogen-bond donors (Lipinski definition) is 1. The highest BCUT2D eigenvalue weighted by Crippen LogP contribution is 2.42. The molecule has 8 heteroatoms. The van der Waals surface area contributed by atoms with E-state index < -0.39 is 5.97 Å². The summed E-state index contributed by atoms with van der Waals surface area (Å²) < 4.78 is 22.4. The third kappa shape index (κ3) is 2.78. The molecule has 0 unspecified atom stereocenters. The van der Waals surface area contributed by atoms with Crippen LogP contribution < -0.4 is 4.74 Å². The van der Waals surface area contributed by atoms with E-state index >= 15 is 0 Å². The Morgan fingerprint density at radius 2 is 1.94 bits per heavy atom. The van der Waals surface area contributed by atoms with E-state index in [1.807, 2.05) is 65.2 Å². The Labute approximate surface area is 197 Å². The zero-order valence-corrected chi connectivity index (χ0v) is 18.6. The number of ether oxygens (including phenoxy) is 1. The number of nitrogens with zero attached hydrogens (tertiary/aromatic N) is 3. The quantitative estimate of drug-likeness (QED) is 0.356. The van der Waals surface area contributed by atoms with Gasteiger partial charge in [-0.05, 0) is 53.1 Å². The predicted molar refractivity (Wildman–Crippen MR) is 130 cm³/mol. The van der Waals surface area contributed by atoms with Crippen LogP contribution in [0.15, 0.2) is 65.1 Å². The fourth-order valence-electron chi connectivity index (χ4n) is 4.92. The Morgan fingerprint density at radius 1 is 1.06 bits per heavy atom. The monoisotopic (exact) mass is 467 g/mol. The number of para-hydroxylation sites is 1. The molecule has 0 saturated carbocycles. The van der Waals surface area contributed by atoms with Crippen LogP contribution >= 0.6 is 11.7 Å². The van der Waals surface area contributed by atoms with Gasteiger partial charge >= 0.3 is 5.97 Å². The van der Waals surface area contributed by atoms with Crippen molar-refractivity contribution in [1.29, 1.82) is 0 Å². The van der Waals surface area contributed by atoms with E-state index in [1.165, 1.54) is 11.7 Å². The van der Waals surface area contributed by atoms with Crippen LogP contribution in [0.3, 0.4) is 0 Å². The first-order valence-corrected chi connectivity index (χ1v) is 11.6. The van der Waals surface area contributed by atoms with Gasteiger partial charge in [-0.2, -0.15) is 8.75 Å². The average Bonchev–Trinajstić information content (AvgIpc) is 3.61. The molecule has 0 spiro atoms. The molecule has 6 aromatic rings. The lowest BCUT2D eigenvalue weighted by Gasteiger charge is -2.10. The zero-order chi connectivity index (χ0) is 22.8. The minimum Gasteiger partial charge on any atom is -0.493 e. The largest absolute Gasteiger partial charge is 0.493 e. The number of aromatic carboxylic acids is 1.